The van der Waals surface area contributed by atoms with Crippen molar-refractivity contribution in [1.29, 1.82) is 5.26 Å². The van der Waals surface area contributed by atoms with Crippen molar-refractivity contribution in [2.45, 2.75) is 6.92 Å². The number of hydrogen-bond acceptors (Lipinski definition) is 2. The molecule has 0 N–H and O–H groups in total. The molecule has 64 valence electrons. The first-order chi connectivity index (χ1) is 6.20. The molecule has 0 saturated heterocycles. The first kappa shape index (κ1) is 8.21. The highest BCUT2D eigenvalue weighted by atomic mass is 32.1. The van der Waals surface area contributed by atoms with Crippen LogP contribution in [0.15, 0.2) is 18.2 Å². The Morgan fingerprint density at radius 3 is 2.85 bits per heavy atom. The van der Waals surface area contributed by atoms with E-state index in [2.05, 4.69) is 6.07 Å². The molecule has 0 fully saturated rings. The molecule has 1 heterocycles. The molecule has 1 nitrogen and oxygen atoms in total. The number of nitrogens with zero attached hydrogens (tertiary/aromatic N) is 1. The lowest BCUT2D eigenvalue weighted by Gasteiger charge is -1.94. The average Bonchev–Trinajstić information content (AvgIpc) is 2.47. The van der Waals surface area contributed by atoms with Gasteiger partial charge in [0.15, 0.2) is 0 Å². The quantitative estimate of drug-likeness (QED) is 0.627. The minimum atomic E-state index is -0.243. The maximum atomic E-state index is 12.9. The third-order valence-corrected chi connectivity index (χ3v) is 3.07. The van der Waals surface area contributed by atoms with Crippen LogP contribution in [0.4, 0.5) is 4.39 Å². The van der Waals surface area contributed by atoms with Gasteiger partial charge < -0.3 is 0 Å². The minimum absolute atomic E-state index is 0.243. The predicted octanol–water partition coefficient (Wildman–Crippen LogP) is 3.22. The Morgan fingerprint density at radius 2 is 2.15 bits per heavy atom. The largest absolute Gasteiger partial charge is 0.207 e. The third-order valence-electron chi connectivity index (χ3n) is 1.88. The second-order valence-electron chi connectivity index (χ2n) is 2.86. The number of thiophene rings is 1. The molecule has 3 heteroatoms. The zero-order chi connectivity index (χ0) is 9.42. The fourth-order valence-electron chi connectivity index (χ4n) is 1.34. The Morgan fingerprint density at radius 1 is 1.38 bits per heavy atom. The van der Waals surface area contributed by atoms with Crippen LogP contribution < -0.4 is 0 Å². The lowest BCUT2D eigenvalue weighted by molar-refractivity contribution is 0.629. The van der Waals surface area contributed by atoms with E-state index in [0.29, 0.717) is 4.88 Å². The van der Waals surface area contributed by atoms with Gasteiger partial charge in [0.05, 0.1) is 0 Å². The Hall–Kier alpha value is -1.40. The molecule has 0 saturated carbocycles. The van der Waals surface area contributed by atoms with Crippen molar-refractivity contribution < 1.29 is 4.39 Å². The van der Waals surface area contributed by atoms with Gasteiger partial charge in [-0.2, -0.15) is 5.26 Å². The Balaban J connectivity index is 2.84. The standard InChI is InChI=1S/C10H6FNS/c1-6-2-8(11)3-7-4-9(5-12)13-10(6)7/h2-4H,1H3. The predicted molar refractivity (Wildman–Crippen MR) is 51.2 cm³/mol. The summed E-state index contributed by atoms with van der Waals surface area (Å²) in [5.74, 6) is -0.243. The van der Waals surface area contributed by atoms with Gasteiger partial charge >= 0.3 is 0 Å². The van der Waals surface area contributed by atoms with Gasteiger partial charge in [-0.1, -0.05) is 0 Å². The fraction of sp³-hybridized carbons (Fsp3) is 0.100. The molecule has 13 heavy (non-hydrogen) atoms. The Labute approximate surface area is 79.0 Å². The maximum absolute atomic E-state index is 12.9. The van der Waals surface area contributed by atoms with Gasteiger partial charge in [-0.25, -0.2) is 4.39 Å². The molecule has 0 spiro atoms. The minimum Gasteiger partial charge on any atom is -0.207 e. The highest BCUT2D eigenvalue weighted by Gasteiger charge is 2.05. The van der Waals surface area contributed by atoms with Gasteiger partial charge in [0.2, 0.25) is 0 Å². The second-order valence-corrected chi connectivity index (χ2v) is 3.92. The van der Waals surface area contributed by atoms with Crippen LogP contribution in [-0.2, 0) is 0 Å². The van der Waals surface area contributed by atoms with Crippen LogP contribution in [0.5, 0.6) is 0 Å². The number of fused-ring (bicyclic) bond motifs is 1. The van der Waals surface area contributed by atoms with Gasteiger partial charge in [0, 0.05) is 4.70 Å². The van der Waals surface area contributed by atoms with E-state index in [0.717, 1.165) is 15.6 Å². The molecule has 0 atom stereocenters. The van der Waals surface area contributed by atoms with E-state index in [1.54, 1.807) is 6.07 Å². The molecule has 0 aliphatic rings. The molecule has 0 aliphatic carbocycles. The number of benzene rings is 1. The van der Waals surface area contributed by atoms with Gasteiger partial charge in [0.1, 0.15) is 16.8 Å². The van der Waals surface area contributed by atoms with E-state index in [1.807, 2.05) is 6.92 Å². The molecule has 0 amide bonds. The van der Waals surface area contributed by atoms with E-state index < -0.39 is 0 Å². The molecule has 1 aromatic heterocycles. The van der Waals surface area contributed by atoms with Gasteiger partial charge in [-0.3, -0.25) is 0 Å². The number of rotatable bonds is 0. The highest BCUT2D eigenvalue weighted by molar-refractivity contribution is 7.19. The molecule has 1 aromatic carbocycles. The number of aryl methyl sites for hydroxylation is 1. The summed E-state index contributed by atoms with van der Waals surface area (Å²) >= 11 is 1.40. The Bertz CT molecular complexity index is 507. The summed E-state index contributed by atoms with van der Waals surface area (Å²) in [4.78, 5) is 0.628. The first-order valence-corrected chi connectivity index (χ1v) is 4.62. The lowest BCUT2D eigenvalue weighted by atomic mass is 10.2. The van der Waals surface area contributed by atoms with Crippen LogP contribution in [0.2, 0.25) is 0 Å². The van der Waals surface area contributed by atoms with Gasteiger partial charge in [0.25, 0.3) is 0 Å². The zero-order valence-corrected chi connectivity index (χ0v) is 7.78. The zero-order valence-electron chi connectivity index (χ0n) is 6.97. The number of halogens is 1. The highest BCUT2D eigenvalue weighted by Crippen LogP contribution is 2.28. The SMILES string of the molecule is Cc1cc(F)cc2cc(C#N)sc12. The third kappa shape index (κ3) is 1.30. The monoisotopic (exact) mass is 191 g/mol. The summed E-state index contributed by atoms with van der Waals surface area (Å²) in [6, 6.07) is 6.72. The van der Waals surface area contributed by atoms with Gasteiger partial charge in [-0.15, -0.1) is 11.3 Å². The summed E-state index contributed by atoms with van der Waals surface area (Å²) in [7, 11) is 0. The van der Waals surface area contributed by atoms with Crippen LogP contribution in [-0.4, -0.2) is 0 Å². The van der Waals surface area contributed by atoms with Crippen molar-refractivity contribution >= 4 is 21.4 Å². The average molecular weight is 191 g/mol. The van der Waals surface area contributed by atoms with Crippen molar-refractivity contribution in [2.24, 2.45) is 0 Å². The van der Waals surface area contributed by atoms with Crippen molar-refractivity contribution in [3.8, 4) is 6.07 Å². The van der Waals surface area contributed by atoms with E-state index in [4.69, 9.17) is 5.26 Å². The summed E-state index contributed by atoms with van der Waals surface area (Å²) in [6.07, 6.45) is 0. The van der Waals surface area contributed by atoms with E-state index in [9.17, 15) is 4.39 Å². The van der Waals surface area contributed by atoms with Crippen LogP contribution in [0.3, 0.4) is 0 Å². The van der Waals surface area contributed by atoms with E-state index in [1.165, 1.54) is 23.5 Å². The molecular weight excluding hydrogens is 185 g/mol. The normalized spacial score (nSPS) is 10.2. The molecule has 0 radical (unpaired) electrons. The first-order valence-electron chi connectivity index (χ1n) is 3.80. The lowest BCUT2D eigenvalue weighted by Crippen LogP contribution is -1.76. The smallest absolute Gasteiger partial charge is 0.124 e. The fourth-order valence-corrected chi connectivity index (χ4v) is 2.25. The van der Waals surface area contributed by atoms with Crippen LogP contribution in [0.25, 0.3) is 10.1 Å². The number of hydrogen-bond donors (Lipinski definition) is 0. The van der Waals surface area contributed by atoms with Crippen molar-refractivity contribution in [3.63, 3.8) is 0 Å². The topological polar surface area (TPSA) is 23.8 Å². The van der Waals surface area contributed by atoms with Crippen molar-refractivity contribution in [3.05, 3.63) is 34.5 Å². The van der Waals surface area contributed by atoms with Crippen LogP contribution in [0, 0.1) is 24.1 Å². The molecule has 0 aliphatic heterocycles. The molecule has 0 bridgehead atoms. The summed E-state index contributed by atoms with van der Waals surface area (Å²) in [5, 5.41) is 9.48. The summed E-state index contributed by atoms with van der Waals surface area (Å²) in [6.45, 7) is 1.85. The number of nitriles is 1. The molecular formula is C10H6FNS. The maximum Gasteiger partial charge on any atom is 0.124 e. The summed E-state index contributed by atoms with van der Waals surface area (Å²) in [5.41, 5.74) is 0.890. The molecule has 2 rings (SSSR count). The second kappa shape index (κ2) is 2.82. The molecule has 2 aromatic rings. The van der Waals surface area contributed by atoms with Crippen molar-refractivity contribution in [2.75, 3.05) is 0 Å². The summed E-state index contributed by atoms with van der Waals surface area (Å²) < 4.78 is 13.9. The van der Waals surface area contributed by atoms with E-state index >= 15 is 0 Å². The van der Waals surface area contributed by atoms with Crippen molar-refractivity contribution in [1.82, 2.24) is 0 Å². The van der Waals surface area contributed by atoms with Crippen LogP contribution >= 0.6 is 11.3 Å². The van der Waals surface area contributed by atoms with Crippen LogP contribution in [0.1, 0.15) is 10.4 Å². The Kier molecular flexibility index (Phi) is 1.78. The van der Waals surface area contributed by atoms with E-state index in [-0.39, 0.29) is 5.82 Å². The molecule has 0 unspecified atom stereocenters. The van der Waals surface area contributed by atoms with Gasteiger partial charge in [-0.05, 0) is 36.1 Å².